The first kappa shape index (κ1) is 25.6. The molecule has 3 aromatic rings. The summed E-state index contributed by atoms with van der Waals surface area (Å²) in [5.41, 5.74) is 9.84. The number of carbonyl (C=O) groups is 1. The van der Waals surface area contributed by atoms with Crippen LogP contribution in [0.25, 0.3) is 0 Å². The van der Waals surface area contributed by atoms with Gasteiger partial charge in [0, 0.05) is 38.3 Å². The van der Waals surface area contributed by atoms with Crippen LogP contribution in [0.15, 0.2) is 46.9 Å². The molecule has 0 atom stereocenters. The smallest absolute Gasteiger partial charge is 0.289 e. The van der Waals surface area contributed by atoms with Crippen LogP contribution in [0.2, 0.25) is 0 Å². The Balaban J connectivity index is 1.28. The van der Waals surface area contributed by atoms with E-state index in [1.807, 2.05) is 17.0 Å². The Morgan fingerprint density at radius 3 is 2.16 bits per heavy atom. The van der Waals surface area contributed by atoms with E-state index in [4.69, 9.17) is 4.42 Å². The fourth-order valence-corrected chi connectivity index (χ4v) is 6.12. The molecule has 5 rings (SSSR count). The van der Waals surface area contributed by atoms with E-state index < -0.39 is 0 Å². The molecular formula is C33H42N2O2. The Bertz CT molecular complexity index is 1320. The summed E-state index contributed by atoms with van der Waals surface area (Å²) in [6.07, 6.45) is 3.13. The van der Waals surface area contributed by atoms with Crippen LogP contribution < -0.4 is 4.90 Å². The van der Waals surface area contributed by atoms with Crippen molar-refractivity contribution in [3.05, 3.63) is 87.4 Å². The van der Waals surface area contributed by atoms with Crippen LogP contribution in [0.3, 0.4) is 0 Å². The average molecular weight is 499 g/mol. The number of fused-ring (bicyclic) bond motifs is 1. The fraction of sp³-hybridized carbons (Fsp3) is 0.485. The van der Waals surface area contributed by atoms with E-state index in [9.17, 15) is 4.79 Å². The number of hydrogen-bond donors (Lipinski definition) is 0. The second-order valence-corrected chi connectivity index (χ2v) is 12.5. The average Bonchev–Trinajstić information content (AvgIpc) is 3.33. The molecule has 37 heavy (non-hydrogen) atoms. The number of furan rings is 1. The third kappa shape index (κ3) is 4.83. The van der Waals surface area contributed by atoms with E-state index in [0.29, 0.717) is 25.3 Å². The predicted octanol–water partition coefficient (Wildman–Crippen LogP) is 7.11. The van der Waals surface area contributed by atoms with Crippen molar-refractivity contribution < 1.29 is 9.21 Å². The molecule has 0 N–H and O–H groups in total. The third-order valence-electron chi connectivity index (χ3n) is 9.03. The van der Waals surface area contributed by atoms with Crippen LogP contribution in [0.1, 0.15) is 90.2 Å². The summed E-state index contributed by atoms with van der Waals surface area (Å²) >= 11 is 0. The summed E-state index contributed by atoms with van der Waals surface area (Å²) in [6.45, 7) is 19.1. The number of nitrogens with zero attached hydrogens (tertiary/aromatic N) is 2. The van der Waals surface area contributed by atoms with Crippen LogP contribution in [-0.4, -0.2) is 37.0 Å². The van der Waals surface area contributed by atoms with Crippen molar-refractivity contribution in [2.75, 3.05) is 31.1 Å². The van der Waals surface area contributed by atoms with E-state index in [1.165, 1.54) is 51.9 Å². The molecule has 0 radical (unpaired) electrons. The molecule has 0 spiro atoms. The maximum atomic E-state index is 13.3. The van der Waals surface area contributed by atoms with Gasteiger partial charge in [0.2, 0.25) is 0 Å². The number of benzene rings is 2. The van der Waals surface area contributed by atoms with E-state index in [0.717, 1.165) is 18.8 Å². The number of aryl methyl sites for hydroxylation is 2. The molecule has 1 saturated heterocycles. The zero-order chi connectivity index (χ0) is 26.5. The minimum Gasteiger partial charge on any atom is -0.456 e. The molecule has 0 bridgehead atoms. The van der Waals surface area contributed by atoms with Crippen molar-refractivity contribution in [3.63, 3.8) is 0 Å². The van der Waals surface area contributed by atoms with E-state index in [-0.39, 0.29) is 16.7 Å². The van der Waals surface area contributed by atoms with Gasteiger partial charge in [0.05, 0.1) is 0 Å². The van der Waals surface area contributed by atoms with Gasteiger partial charge in [0.25, 0.3) is 5.91 Å². The van der Waals surface area contributed by atoms with Gasteiger partial charge in [0.1, 0.15) is 5.76 Å². The Labute approximate surface area is 222 Å². The zero-order valence-corrected chi connectivity index (χ0v) is 23.7. The molecule has 0 unspecified atom stereocenters. The first-order chi connectivity index (χ1) is 17.5. The maximum Gasteiger partial charge on any atom is 0.289 e. The maximum absolute atomic E-state index is 13.3. The number of carbonyl (C=O) groups excluding carboxylic acids is 1. The number of anilines is 1. The largest absolute Gasteiger partial charge is 0.456 e. The van der Waals surface area contributed by atoms with Crippen molar-refractivity contribution in [1.29, 1.82) is 0 Å². The topological polar surface area (TPSA) is 36.7 Å². The Morgan fingerprint density at radius 2 is 1.49 bits per heavy atom. The quantitative estimate of drug-likeness (QED) is 0.385. The molecule has 2 aliphatic rings. The molecule has 4 heteroatoms. The summed E-state index contributed by atoms with van der Waals surface area (Å²) in [4.78, 5) is 17.6. The fourth-order valence-electron chi connectivity index (χ4n) is 6.12. The summed E-state index contributed by atoms with van der Waals surface area (Å²) in [5, 5.41) is 0. The lowest BCUT2D eigenvalue weighted by Crippen LogP contribution is -2.49. The first-order valence-corrected chi connectivity index (χ1v) is 13.8. The highest BCUT2D eigenvalue weighted by atomic mass is 16.4. The van der Waals surface area contributed by atoms with Crippen molar-refractivity contribution in [1.82, 2.24) is 4.90 Å². The predicted molar refractivity (Wildman–Crippen MR) is 152 cm³/mol. The third-order valence-corrected chi connectivity index (χ3v) is 9.03. The van der Waals surface area contributed by atoms with Gasteiger partial charge in [-0.2, -0.15) is 0 Å². The van der Waals surface area contributed by atoms with Gasteiger partial charge in [-0.05, 0) is 96.0 Å². The molecule has 196 valence electrons. The normalized spacial score (nSPS) is 18.6. The second kappa shape index (κ2) is 9.38. The zero-order valence-electron chi connectivity index (χ0n) is 23.7. The highest BCUT2D eigenvalue weighted by molar-refractivity contribution is 5.91. The molecule has 1 aliphatic carbocycles. The molecule has 0 saturated carbocycles. The van der Waals surface area contributed by atoms with Crippen LogP contribution in [0, 0.1) is 20.8 Å². The van der Waals surface area contributed by atoms with Crippen molar-refractivity contribution in [2.45, 2.75) is 78.6 Å². The van der Waals surface area contributed by atoms with E-state index >= 15 is 0 Å². The SMILES string of the molecule is Cc1cc2c(cc1Cc1ccc(C(=O)N3CCN(c4cccc(C)c4C)CC3)o1)C(C)(C)CCC2(C)C. The minimum absolute atomic E-state index is 0.00286. The summed E-state index contributed by atoms with van der Waals surface area (Å²) in [5.74, 6) is 1.30. The van der Waals surface area contributed by atoms with Gasteiger partial charge in [-0.25, -0.2) is 0 Å². The molecule has 2 aromatic carbocycles. The molecule has 4 nitrogen and oxygen atoms in total. The Morgan fingerprint density at radius 1 is 0.838 bits per heavy atom. The van der Waals surface area contributed by atoms with Gasteiger partial charge in [-0.3, -0.25) is 4.79 Å². The highest BCUT2D eigenvalue weighted by Crippen LogP contribution is 2.46. The Hall–Kier alpha value is -3.01. The first-order valence-electron chi connectivity index (χ1n) is 13.8. The van der Waals surface area contributed by atoms with Gasteiger partial charge >= 0.3 is 0 Å². The van der Waals surface area contributed by atoms with E-state index in [1.54, 1.807) is 0 Å². The van der Waals surface area contributed by atoms with Crippen LogP contribution in [0.4, 0.5) is 5.69 Å². The summed E-state index contributed by atoms with van der Waals surface area (Å²) in [6, 6.07) is 15.1. The van der Waals surface area contributed by atoms with Crippen LogP contribution >= 0.6 is 0 Å². The summed E-state index contributed by atoms with van der Waals surface area (Å²) < 4.78 is 6.14. The second-order valence-electron chi connectivity index (χ2n) is 12.5. The molecule has 1 aromatic heterocycles. The van der Waals surface area contributed by atoms with Crippen LogP contribution in [0.5, 0.6) is 0 Å². The van der Waals surface area contributed by atoms with Gasteiger partial charge in [0.15, 0.2) is 5.76 Å². The van der Waals surface area contributed by atoms with Crippen LogP contribution in [-0.2, 0) is 17.3 Å². The molecule has 1 amide bonds. The summed E-state index contributed by atoms with van der Waals surface area (Å²) in [7, 11) is 0. The number of hydrogen-bond acceptors (Lipinski definition) is 3. The lowest BCUT2D eigenvalue weighted by atomic mass is 9.62. The lowest BCUT2D eigenvalue weighted by Gasteiger charge is -2.42. The highest BCUT2D eigenvalue weighted by Gasteiger charge is 2.37. The minimum atomic E-state index is -0.00286. The number of amides is 1. The van der Waals surface area contributed by atoms with Gasteiger partial charge < -0.3 is 14.2 Å². The monoisotopic (exact) mass is 498 g/mol. The Kier molecular flexibility index (Phi) is 6.50. The molecule has 1 aliphatic heterocycles. The van der Waals surface area contributed by atoms with Crippen molar-refractivity contribution >= 4 is 11.6 Å². The number of piperazine rings is 1. The molecule has 1 fully saturated rings. The molecular weight excluding hydrogens is 456 g/mol. The van der Waals surface area contributed by atoms with Gasteiger partial charge in [-0.1, -0.05) is 52.0 Å². The van der Waals surface area contributed by atoms with E-state index in [2.05, 4.69) is 83.7 Å². The van der Waals surface area contributed by atoms with Gasteiger partial charge in [-0.15, -0.1) is 0 Å². The van der Waals surface area contributed by atoms with Crippen molar-refractivity contribution in [3.8, 4) is 0 Å². The lowest BCUT2D eigenvalue weighted by molar-refractivity contribution is 0.0713. The molecule has 2 heterocycles. The standard InChI is InChI=1S/C33H42N2O2/c1-22-9-8-10-29(24(22)3)34-15-17-35(18-16-34)31(36)30-12-11-26(37-30)20-25-21-28-27(19-23(25)2)32(4,5)13-14-33(28,6)7/h8-12,19,21H,13-18,20H2,1-7H3. The van der Waals surface area contributed by atoms with Crippen molar-refractivity contribution in [2.24, 2.45) is 0 Å². The number of rotatable bonds is 4.